The molecule has 15 heavy (non-hydrogen) atoms. The van der Waals surface area contributed by atoms with Gasteiger partial charge in [-0.25, -0.2) is 9.97 Å². The molecule has 0 aliphatic heterocycles. The van der Waals surface area contributed by atoms with Crippen LogP contribution in [0.15, 0.2) is 17.3 Å². The highest BCUT2D eigenvalue weighted by Gasteiger charge is 2.03. The lowest BCUT2D eigenvalue weighted by molar-refractivity contribution is 0.250. The van der Waals surface area contributed by atoms with Crippen molar-refractivity contribution in [3.05, 3.63) is 12.3 Å². The van der Waals surface area contributed by atoms with Gasteiger partial charge in [0, 0.05) is 25.1 Å². The largest absolute Gasteiger partial charge is 0.396 e. The van der Waals surface area contributed by atoms with Crippen LogP contribution in [0.25, 0.3) is 0 Å². The van der Waals surface area contributed by atoms with Gasteiger partial charge in [0.25, 0.3) is 0 Å². The molecule has 1 aromatic heterocycles. The van der Waals surface area contributed by atoms with Crippen molar-refractivity contribution in [3.63, 3.8) is 0 Å². The van der Waals surface area contributed by atoms with Crippen LogP contribution >= 0.6 is 11.8 Å². The van der Waals surface area contributed by atoms with E-state index in [4.69, 9.17) is 5.11 Å². The van der Waals surface area contributed by atoms with Gasteiger partial charge < -0.3 is 10.4 Å². The molecule has 0 saturated carbocycles. The summed E-state index contributed by atoms with van der Waals surface area (Å²) in [5.41, 5.74) is 0. The molecule has 1 rings (SSSR count). The van der Waals surface area contributed by atoms with Crippen molar-refractivity contribution in [3.8, 4) is 0 Å². The molecule has 0 spiro atoms. The molecule has 2 N–H and O–H groups in total. The van der Waals surface area contributed by atoms with Gasteiger partial charge in [0.1, 0.15) is 5.03 Å². The number of anilines is 1. The second kappa shape index (κ2) is 6.63. The van der Waals surface area contributed by atoms with E-state index >= 15 is 0 Å². The SMILES string of the molecule is CCNc1nccc(SCC(C)CO)n1. The van der Waals surface area contributed by atoms with Crippen molar-refractivity contribution < 1.29 is 5.11 Å². The van der Waals surface area contributed by atoms with Crippen LogP contribution in [0.2, 0.25) is 0 Å². The fourth-order valence-corrected chi connectivity index (χ4v) is 1.81. The maximum atomic E-state index is 8.89. The molecule has 0 saturated heterocycles. The van der Waals surface area contributed by atoms with Gasteiger partial charge in [-0.1, -0.05) is 6.92 Å². The van der Waals surface area contributed by atoms with Crippen LogP contribution in [-0.4, -0.2) is 34.0 Å². The van der Waals surface area contributed by atoms with Gasteiger partial charge in [0.15, 0.2) is 0 Å². The fraction of sp³-hybridized carbons (Fsp3) is 0.600. The monoisotopic (exact) mass is 227 g/mol. The molecule has 0 aliphatic rings. The minimum atomic E-state index is 0.220. The van der Waals surface area contributed by atoms with E-state index in [9.17, 15) is 0 Å². The minimum Gasteiger partial charge on any atom is -0.396 e. The average Bonchev–Trinajstić information content (AvgIpc) is 2.27. The molecule has 0 aliphatic carbocycles. The zero-order valence-electron chi connectivity index (χ0n) is 9.10. The number of aromatic nitrogens is 2. The summed E-state index contributed by atoms with van der Waals surface area (Å²) in [6.07, 6.45) is 1.75. The van der Waals surface area contributed by atoms with Gasteiger partial charge in [-0.2, -0.15) is 0 Å². The average molecular weight is 227 g/mol. The van der Waals surface area contributed by atoms with Crippen molar-refractivity contribution in [2.75, 3.05) is 24.2 Å². The van der Waals surface area contributed by atoms with Gasteiger partial charge in [0.05, 0.1) is 0 Å². The summed E-state index contributed by atoms with van der Waals surface area (Å²) in [7, 11) is 0. The van der Waals surface area contributed by atoms with Gasteiger partial charge >= 0.3 is 0 Å². The molecule has 1 atom stereocenters. The molecule has 5 heteroatoms. The maximum Gasteiger partial charge on any atom is 0.223 e. The first-order valence-corrected chi connectivity index (χ1v) is 6.05. The van der Waals surface area contributed by atoms with Gasteiger partial charge in [-0.3, -0.25) is 0 Å². The molecule has 1 heterocycles. The van der Waals surface area contributed by atoms with Crippen LogP contribution in [0.1, 0.15) is 13.8 Å². The molecule has 1 unspecified atom stereocenters. The Kier molecular flexibility index (Phi) is 5.42. The molecule has 0 radical (unpaired) electrons. The van der Waals surface area contributed by atoms with E-state index in [0.717, 1.165) is 17.3 Å². The number of nitrogens with zero attached hydrogens (tertiary/aromatic N) is 2. The lowest BCUT2D eigenvalue weighted by Crippen LogP contribution is -2.05. The van der Waals surface area contributed by atoms with Gasteiger partial charge in [0.2, 0.25) is 5.95 Å². The third-order valence-corrected chi connectivity index (χ3v) is 3.05. The van der Waals surface area contributed by atoms with E-state index in [1.165, 1.54) is 0 Å². The number of hydrogen-bond donors (Lipinski definition) is 2. The maximum absolute atomic E-state index is 8.89. The predicted molar refractivity (Wildman–Crippen MR) is 63.2 cm³/mol. The quantitative estimate of drug-likeness (QED) is 0.571. The summed E-state index contributed by atoms with van der Waals surface area (Å²) in [4.78, 5) is 8.42. The number of hydrogen-bond acceptors (Lipinski definition) is 5. The zero-order chi connectivity index (χ0) is 11.1. The van der Waals surface area contributed by atoms with E-state index < -0.39 is 0 Å². The highest BCUT2D eigenvalue weighted by Crippen LogP contribution is 2.18. The Morgan fingerprint density at radius 1 is 1.60 bits per heavy atom. The van der Waals surface area contributed by atoms with Crippen LogP contribution in [0.5, 0.6) is 0 Å². The first-order valence-electron chi connectivity index (χ1n) is 5.06. The van der Waals surface area contributed by atoms with Crippen LogP contribution in [0, 0.1) is 5.92 Å². The lowest BCUT2D eigenvalue weighted by Gasteiger charge is -2.07. The minimum absolute atomic E-state index is 0.220. The molecule has 0 amide bonds. The Hall–Kier alpha value is -0.810. The second-order valence-electron chi connectivity index (χ2n) is 3.35. The highest BCUT2D eigenvalue weighted by molar-refractivity contribution is 7.99. The van der Waals surface area contributed by atoms with Crippen molar-refractivity contribution in [1.29, 1.82) is 0 Å². The summed E-state index contributed by atoms with van der Waals surface area (Å²) in [5.74, 6) is 1.84. The topological polar surface area (TPSA) is 58.0 Å². The highest BCUT2D eigenvalue weighted by atomic mass is 32.2. The third kappa shape index (κ3) is 4.48. The molecular formula is C10H17N3OS. The summed E-state index contributed by atoms with van der Waals surface area (Å²) < 4.78 is 0. The van der Waals surface area contributed by atoms with Crippen molar-refractivity contribution >= 4 is 17.7 Å². The van der Waals surface area contributed by atoms with E-state index in [-0.39, 0.29) is 6.61 Å². The molecule has 0 aromatic carbocycles. The molecule has 1 aromatic rings. The Bertz CT molecular complexity index is 296. The van der Waals surface area contributed by atoms with E-state index in [1.54, 1.807) is 18.0 Å². The molecule has 0 fully saturated rings. The van der Waals surface area contributed by atoms with Crippen molar-refractivity contribution in [2.45, 2.75) is 18.9 Å². The van der Waals surface area contributed by atoms with Crippen LogP contribution in [0.3, 0.4) is 0 Å². The first kappa shape index (κ1) is 12.3. The van der Waals surface area contributed by atoms with Crippen LogP contribution in [-0.2, 0) is 0 Å². The number of rotatable bonds is 6. The number of thioether (sulfide) groups is 1. The smallest absolute Gasteiger partial charge is 0.223 e. The number of aliphatic hydroxyl groups excluding tert-OH is 1. The summed E-state index contributed by atoms with van der Waals surface area (Å²) in [5, 5.41) is 12.9. The first-order chi connectivity index (χ1) is 7.26. The standard InChI is InChI=1S/C10H17N3OS/c1-3-11-10-12-5-4-9(13-10)15-7-8(2)6-14/h4-5,8,14H,3,6-7H2,1-2H3,(H,11,12,13). The summed E-state index contributed by atoms with van der Waals surface area (Å²) in [6.45, 7) is 5.07. The van der Waals surface area contributed by atoms with Crippen LogP contribution in [0.4, 0.5) is 5.95 Å². The Labute approximate surface area is 94.5 Å². The van der Waals surface area contributed by atoms with Gasteiger partial charge in [-0.05, 0) is 18.9 Å². The molecular weight excluding hydrogens is 210 g/mol. The number of nitrogens with one attached hydrogen (secondary N) is 1. The van der Waals surface area contributed by atoms with Crippen molar-refractivity contribution in [2.24, 2.45) is 5.92 Å². The zero-order valence-corrected chi connectivity index (χ0v) is 9.92. The fourth-order valence-electron chi connectivity index (χ4n) is 0.946. The van der Waals surface area contributed by atoms with Crippen LogP contribution < -0.4 is 5.32 Å². The second-order valence-corrected chi connectivity index (χ2v) is 4.39. The molecule has 84 valence electrons. The van der Waals surface area contributed by atoms with E-state index in [1.807, 2.05) is 19.9 Å². The summed E-state index contributed by atoms with van der Waals surface area (Å²) >= 11 is 1.64. The third-order valence-electron chi connectivity index (χ3n) is 1.79. The molecule has 4 nitrogen and oxygen atoms in total. The summed E-state index contributed by atoms with van der Waals surface area (Å²) in [6, 6.07) is 1.88. The lowest BCUT2D eigenvalue weighted by atomic mass is 10.2. The Morgan fingerprint density at radius 3 is 3.07 bits per heavy atom. The van der Waals surface area contributed by atoms with E-state index in [2.05, 4.69) is 15.3 Å². The van der Waals surface area contributed by atoms with Gasteiger partial charge in [-0.15, -0.1) is 11.8 Å². The Morgan fingerprint density at radius 2 is 2.40 bits per heavy atom. The predicted octanol–water partition coefficient (Wildman–Crippen LogP) is 1.63. The van der Waals surface area contributed by atoms with E-state index in [0.29, 0.717) is 11.9 Å². The van der Waals surface area contributed by atoms with Crippen molar-refractivity contribution in [1.82, 2.24) is 9.97 Å². The number of aliphatic hydroxyl groups is 1. The normalized spacial score (nSPS) is 12.5. The Balaban J connectivity index is 2.50. The molecule has 0 bridgehead atoms.